The number of hydrogen-bond donors (Lipinski definition) is 2. The lowest BCUT2D eigenvalue weighted by atomic mass is 10.1. The Morgan fingerprint density at radius 1 is 1.18 bits per heavy atom. The summed E-state index contributed by atoms with van der Waals surface area (Å²) in [6.45, 7) is 0.660. The van der Waals surface area contributed by atoms with E-state index >= 15 is 0 Å². The Balaban J connectivity index is 2.41. The molecule has 22 heavy (non-hydrogen) atoms. The Morgan fingerprint density at radius 3 is 2.36 bits per heavy atom. The molecule has 0 saturated carbocycles. The van der Waals surface area contributed by atoms with E-state index in [1.54, 1.807) is 36.5 Å². The summed E-state index contributed by atoms with van der Waals surface area (Å²) in [5.41, 5.74) is 1.22. The van der Waals surface area contributed by atoms with Crippen molar-refractivity contribution in [3.8, 4) is 0 Å². The molecule has 0 aliphatic rings. The minimum Gasteiger partial charge on any atom is -0.466 e. The molecule has 0 atom stereocenters. The number of hydrogen-bond acceptors (Lipinski definition) is 3. The van der Waals surface area contributed by atoms with Gasteiger partial charge in [-0.15, -0.1) is 0 Å². The number of ether oxygens (including phenoxy) is 1. The van der Waals surface area contributed by atoms with Crippen molar-refractivity contribution in [2.24, 2.45) is 0 Å². The first-order valence-electron chi connectivity index (χ1n) is 6.66. The number of amides is 2. The minimum atomic E-state index is -4.45. The molecule has 0 aliphatic carbocycles. The Kier molecular flexibility index (Phi) is 6.68. The summed E-state index contributed by atoms with van der Waals surface area (Å²) in [4.78, 5) is 22.4. The predicted octanol–water partition coefficient (Wildman–Crippen LogP) is 2.87. The number of anilines is 1. The van der Waals surface area contributed by atoms with Gasteiger partial charge in [-0.25, -0.2) is 4.79 Å². The van der Waals surface area contributed by atoms with E-state index in [0.29, 0.717) is 18.7 Å². The number of alkyl halides is 3. The van der Waals surface area contributed by atoms with Gasteiger partial charge in [-0.3, -0.25) is 4.79 Å². The van der Waals surface area contributed by atoms with Crippen molar-refractivity contribution >= 4 is 17.7 Å². The largest absolute Gasteiger partial charge is 0.466 e. The fraction of sp³-hybridized carbons (Fsp3) is 0.429. The second-order valence-electron chi connectivity index (χ2n) is 4.42. The molecule has 0 heterocycles. The van der Waals surface area contributed by atoms with Crippen LogP contribution in [0, 0.1) is 0 Å². The second-order valence-corrected chi connectivity index (χ2v) is 4.42. The summed E-state index contributed by atoms with van der Waals surface area (Å²) in [6, 6.07) is 5.52. The number of benzene rings is 1. The van der Waals surface area contributed by atoms with E-state index in [9.17, 15) is 22.8 Å². The highest BCUT2D eigenvalue weighted by Crippen LogP contribution is 2.13. The molecular formula is C14H17F3N2O3. The van der Waals surface area contributed by atoms with Crippen molar-refractivity contribution in [1.82, 2.24) is 5.32 Å². The Bertz CT molecular complexity index is 501. The molecule has 0 bridgehead atoms. The van der Waals surface area contributed by atoms with Gasteiger partial charge in [0, 0.05) is 12.1 Å². The molecule has 122 valence electrons. The zero-order valence-corrected chi connectivity index (χ0v) is 12.0. The van der Waals surface area contributed by atoms with Crippen LogP contribution in [0.5, 0.6) is 0 Å². The second kappa shape index (κ2) is 8.26. The number of urea groups is 1. The molecule has 5 nitrogen and oxygen atoms in total. The van der Waals surface area contributed by atoms with Crippen LogP contribution in [0.4, 0.5) is 23.7 Å². The van der Waals surface area contributed by atoms with Crippen LogP contribution in [0.15, 0.2) is 24.3 Å². The number of carbonyl (C=O) groups is 2. The van der Waals surface area contributed by atoms with Crippen LogP contribution >= 0.6 is 0 Å². The third-order valence-corrected chi connectivity index (χ3v) is 2.58. The number of rotatable bonds is 6. The lowest BCUT2D eigenvalue weighted by Crippen LogP contribution is -2.36. The molecule has 0 aliphatic heterocycles. The third-order valence-electron chi connectivity index (χ3n) is 2.58. The first-order valence-corrected chi connectivity index (χ1v) is 6.66. The van der Waals surface area contributed by atoms with Gasteiger partial charge in [0.1, 0.15) is 6.54 Å². The number of aryl methyl sites for hydroxylation is 1. The first-order chi connectivity index (χ1) is 10.3. The molecule has 1 rings (SSSR count). The van der Waals surface area contributed by atoms with E-state index in [2.05, 4.69) is 5.32 Å². The average Bonchev–Trinajstić information content (AvgIpc) is 2.44. The fourth-order valence-electron chi connectivity index (χ4n) is 1.59. The van der Waals surface area contributed by atoms with E-state index in [1.165, 1.54) is 0 Å². The lowest BCUT2D eigenvalue weighted by molar-refractivity contribution is -0.143. The molecule has 0 spiro atoms. The van der Waals surface area contributed by atoms with Gasteiger partial charge in [0.15, 0.2) is 0 Å². The molecule has 0 unspecified atom stereocenters. The van der Waals surface area contributed by atoms with Crippen molar-refractivity contribution in [2.75, 3.05) is 18.5 Å². The van der Waals surface area contributed by atoms with Crippen LogP contribution in [0.3, 0.4) is 0 Å². The monoisotopic (exact) mass is 318 g/mol. The van der Waals surface area contributed by atoms with E-state index in [0.717, 1.165) is 5.56 Å². The van der Waals surface area contributed by atoms with Gasteiger partial charge < -0.3 is 15.4 Å². The van der Waals surface area contributed by atoms with Gasteiger partial charge >= 0.3 is 18.2 Å². The first kappa shape index (κ1) is 17.8. The summed E-state index contributed by atoms with van der Waals surface area (Å²) < 4.78 is 40.6. The van der Waals surface area contributed by atoms with Crippen molar-refractivity contribution < 1.29 is 27.5 Å². The van der Waals surface area contributed by atoms with Crippen LogP contribution < -0.4 is 10.6 Å². The number of halogens is 3. The topological polar surface area (TPSA) is 67.4 Å². The Hall–Kier alpha value is -2.25. The maximum absolute atomic E-state index is 11.9. The standard InChI is InChI=1S/C14H17F3N2O3/c1-2-22-12(20)8-5-10-3-6-11(7-4-10)19-13(21)18-9-14(15,16)17/h3-4,6-7H,2,5,8-9H2,1H3,(H2,18,19,21). The molecule has 0 fully saturated rings. The van der Waals surface area contributed by atoms with Crippen molar-refractivity contribution in [3.63, 3.8) is 0 Å². The summed E-state index contributed by atoms with van der Waals surface area (Å²) in [5.74, 6) is -0.295. The number of esters is 1. The molecule has 2 amide bonds. The van der Waals surface area contributed by atoms with E-state index in [1.807, 2.05) is 0 Å². The van der Waals surface area contributed by atoms with E-state index in [-0.39, 0.29) is 12.4 Å². The number of carbonyl (C=O) groups excluding carboxylic acids is 2. The van der Waals surface area contributed by atoms with Crippen LogP contribution in [-0.2, 0) is 16.0 Å². The van der Waals surface area contributed by atoms with Gasteiger partial charge in [0.05, 0.1) is 6.61 Å². The smallest absolute Gasteiger partial charge is 0.405 e. The molecule has 1 aromatic rings. The van der Waals surface area contributed by atoms with Crippen LogP contribution in [0.1, 0.15) is 18.9 Å². The summed E-state index contributed by atoms with van der Waals surface area (Å²) >= 11 is 0. The summed E-state index contributed by atoms with van der Waals surface area (Å²) in [6.07, 6.45) is -3.72. The Morgan fingerprint density at radius 2 is 1.82 bits per heavy atom. The Labute approximate surface area is 125 Å². The molecule has 0 radical (unpaired) electrons. The zero-order valence-electron chi connectivity index (χ0n) is 12.0. The van der Waals surface area contributed by atoms with Crippen molar-refractivity contribution in [1.29, 1.82) is 0 Å². The molecule has 2 N–H and O–H groups in total. The van der Waals surface area contributed by atoms with Gasteiger partial charge in [-0.05, 0) is 31.0 Å². The fourth-order valence-corrected chi connectivity index (χ4v) is 1.59. The van der Waals surface area contributed by atoms with Crippen LogP contribution in [0.2, 0.25) is 0 Å². The number of nitrogens with one attached hydrogen (secondary N) is 2. The van der Waals surface area contributed by atoms with Crippen LogP contribution in [0.25, 0.3) is 0 Å². The van der Waals surface area contributed by atoms with E-state index < -0.39 is 18.8 Å². The van der Waals surface area contributed by atoms with Crippen molar-refractivity contribution in [2.45, 2.75) is 25.9 Å². The van der Waals surface area contributed by atoms with Gasteiger partial charge in [0.25, 0.3) is 0 Å². The zero-order chi connectivity index (χ0) is 16.6. The lowest BCUT2D eigenvalue weighted by Gasteiger charge is -2.10. The maximum Gasteiger partial charge on any atom is 0.405 e. The molecule has 8 heteroatoms. The minimum absolute atomic E-state index is 0.243. The van der Waals surface area contributed by atoms with E-state index in [4.69, 9.17) is 4.74 Å². The van der Waals surface area contributed by atoms with Gasteiger partial charge in [0.2, 0.25) is 0 Å². The van der Waals surface area contributed by atoms with Gasteiger partial charge in [-0.2, -0.15) is 13.2 Å². The third kappa shape index (κ3) is 7.51. The predicted molar refractivity (Wildman–Crippen MR) is 74.5 cm³/mol. The van der Waals surface area contributed by atoms with Gasteiger partial charge in [-0.1, -0.05) is 12.1 Å². The quantitative estimate of drug-likeness (QED) is 0.793. The highest BCUT2D eigenvalue weighted by molar-refractivity contribution is 5.89. The molecule has 1 aromatic carbocycles. The summed E-state index contributed by atoms with van der Waals surface area (Å²) in [7, 11) is 0. The maximum atomic E-state index is 11.9. The summed E-state index contributed by atoms with van der Waals surface area (Å²) in [5, 5.41) is 3.99. The molecular weight excluding hydrogens is 301 g/mol. The normalized spacial score (nSPS) is 10.9. The molecule has 0 saturated heterocycles. The molecule has 0 aromatic heterocycles. The highest BCUT2D eigenvalue weighted by atomic mass is 19.4. The SMILES string of the molecule is CCOC(=O)CCc1ccc(NC(=O)NCC(F)(F)F)cc1. The van der Waals surface area contributed by atoms with Crippen molar-refractivity contribution in [3.05, 3.63) is 29.8 Å². The highest BCUT2D eigenvalue weighted by Gasteiger charge is 2.27. The average molecular weight is 318 g/mol. The van der Waals surface area contributed by atoms with Crippen LogP contribution in [-0.4, -0.2) is 31.3 Å².